The number of nitrogens with one attached hydrogen (secondary N) is 2. The summed E-state index contributed by atoms with van der Waals surface area (Å²) in [7, 11) is 0. The number of nitrogens with zero attached hydrogens (tertiary/aromatic N) is 4. The molecule has 3 aliphatic heterocycles. The molecule has 3 atom stereocenters. The lowest BCUT2D eigenvalue weighted by molar-refractivity contribution is -0.137. The minimum Gasteiger partial charge on any atom is -0.379 e. The molecule has 0 bridgehead atoms. The van der Waals surface area contributed by atoms with Crippen molar-refractivity contribution in [3.8, 4) is 0 Å². The number of carbonyl (C=O) groups excluding carboxylic acids is 1. The van der Waals surface area contributed by atoms with Gasteiger partial charge in [0.05, 0.1) is 19.4 Å². The molecule has 3 fully saturated rings. The fourth-order valence-corrected chi connectivity index (χ4v) is 4.38. The van der Waals surface area contributed by atoms with E-state index in [0.717, 1.165) is 51.3 Å². The van der Waals surface area contributed by atoms with Gasteiger partial charge in [0.2, 0.25) is 5.91 Å². The Kier molecular flexibility index (Phi) is 5.06. The van der Waals surface area contributed by atoms with Crippen LogP contribution >= 0.6 is 0 Å². The Morgan fingerprint density at radius 3 is 3.00 bits per heavy atom. The predicted molar refractivity (Wildman–Crippen MR) is 97.4 cm³/mol. The van der Waals surface area contributed by atoms with Gasteiger partial charge in [0.25, 0.3) is 0 Å². The maximum atomic E-state index is 13.0. The topological polar surface area (TPSA) is 82.6 Å². The first-order chi connectivity index (χ1) is 12.7. The number of hydrogen-bond acceptors (Lipinski definition) is 7. The van der Waals surface area contributed by atoms with Crippen LogP contribution in [0.2, 0.25) is 0 Å². The van der Waals surface area contributed by atoms with Crippen LogP contribution in [-0.4, -0.2) is 72.3 Å². The molecule has 3 unspecified atom stereocenters. The average molecular weight is 360 g/mol. The Hall–Kier alpha value is -1.77. The normalized spacial score (nSPS) is 32.7. The molecule has 8 heteroatoms. The lowest BCUT2D eigenvalue weighted by Crippen LogP contribution is -2.55. The van der Waals surface area contributed by atoms with Crippen LogP contribution in [0.3, 0.4) is 0 Å². The highest BCUT2D eigenvalue weighted by atomic mass is 16.5. The van der Waals surface area contributed by atoms with E-state index in [1.807, 2.05) is 4.90 Å². The summed E-state index contributed by atoms with van der Waals surface area (Å²) in [5.41, 5.74) is 6.25. The van der Waals surface area contributed by atoms with Gasteiger partial charge in [0, 0.05) is 50.0 Å². The van der Waals surface area contributed by atoms with E-state index in [1.165, 1.54) is 0 Å². The van der Waals surface area contributed by atoms with E-state index in [1.54, 1.807) is 18.6 Å². The molecule has 26 heavy (non-hydrogen) atoms. The summed E-state index contributed by atoms with van der Waals surface area (Å²) < 4.78 is 5.95. The third-order valence-electron chi connectivity index (χ3n) is 5.68. The minimum atomic E-state index is -0.122. The minimum absolute atomic E-state index is 0.0421. The van der Waals surface area contributed by atoms with Crippen molar-refractivity contribution in [2.24, 2.45) is 5.41 Å². The molecule has 8 nitrogen and oxygen atoms in total. The number of carbonyl (C=O) groups is 1. The van der Waals surface area contributed by atoms with Gasteiger partial charge in [-0.1, -0.05) is 0 Å². The summed E-state index contributed by atoms with van der Waals surface area (Å²) in [6.07, 6.45) is 8.15. The molecule has 142 valence electrons. The zero-order valence-corrected chi connectivity index (χ0v) is 15.4. The van der Waals surface area contributed by atoms with Crippen molar-refractivity contribution in [1.82, 2.24) is 25.7 Å². The molecule has 1 aromatic heterocycles. The summed E-state index contributed by atoms with van der Waals surface area (Å²) in [5.74, 6) is 1.09. The van der Waals surface area contributed by atoms with Crippen molar-refractivity contribution in [3.63, 3.8) is 0 Å². The average Bonchev–Trinajstić information content (AvgIpc) is 3.00. The van der Waals surface area contributed by atoms with Gasteiger partial charge in [0.15, 0.2) is 0 Å². The molecule has 1 amide bonds. The van der Waals surface area contributed by atoms with Gasteiger partial charge in [-0.2, -0.15) is 0 Å². The van der Waals surface area contributed by atoms with E-state index in [0.29, 0.717) is 19.3 Å². The summed E-state index contributed by atoms with van der Waals surface area (Å²) in [5, 5.41) is 0. The van der Waals surface area contributed by atoms with Crippen molar-refractivity contribution in [3.05, 3.63) is 18.6 Å². The molecule has 4 rings (SSSR count). The number of rotatable bonds is 2. The van der Waals surface area contributed by atoms with Crippen LogP contribution in [0, 0.1) is 5.41 Å². The van der Waals surface area contributed by atoms with Gasteiger partial charge in [-0.15, -0.1) is 0 Å². The van der Waals surface area contributed by atoms with Crippen LogP contribution in [0.1, 0.15) is 26.2 Å². The lowest BCUT2D eigenvalue weighted by Gasteiger charge is -2.44. The van der Waals surface area contributed by atoms with Crippen LogP contribution in [-0.2, 0) is 9.53 Å². The molecule has 3 saturated heterocycles. The second kappa shape index (κ2) is 7.46. The maximum Gasteiger partial charge on any atom is 0.241 e. The number of hydrazine groups is 1. The van der Waals surface area contributed by atoms with E-state index in [2.05, 4.69) is 32.6 Å². The van der Waals surface area contributed by atoms with Crippen LogP contribution in [0.5, 0.6) is 0 Å². The van der Waals surface area contributed by atoms with Gasteiger partial charge in [-0.3, -0.25) is 15.2 Å². The van der Waals surface area contributed by atoms with Gasteiger partial charge >= 0.3 is 0 Å². The highest BCUT2D eigenvalue weighted by Gasteiger charge is 2.42. The third-order valence-corrected chi connectivity index (χ3v) is 5.68. The second-order valence-corrected chi connectivity index (χ2v) is 7.88. The Morgan fingerprint density at radius 2 is 2.23 bits per heavy atom. The number of aromatic nitrogens is 2. The number of amides is 1. The first-order valence-electron chi connectivity index (χ1n) is 9.54. The first kappa shape index (κ1) is 17.6. The summed E-state index contributed by atoms with van der Waals surface area (Å²) in [4.78, 5) is 25.9. The van der Waals surface area contributed by atoms with Gasteiger partial charge in [-0.25, -0.2) is 10.4 Å². The summed E-state index contributed by atoms with van der Waals surface area (Å²) in [6.45, 7) is 6.70. The Bertz CT molecular complexity index is 629. The third kappa shape index (κ3) is 3.67. The number of ether oxygens (including phenoxy) is 1. The molecule has 1 aromatic rings. The second-order valence-electron chi connectivity index (χ2n) is 7.88. The summed E-state index contributed by atoms with van der Waals surface area (Å²) in [6, 6.07) is 0.207. The van der Waals surface area contributed by atoms with Crippen LogP contribution in [0.25, 0.3) is 0 Å². The smallest absolute Gasteiger partial charge is 0.241 e. The van der Waals surface area contributed by atoms with Crippen molar-refractivity contribution < 1.29 is 9.53 Å². The number of piperidine rings is 1. The largest absolute Gasteiger partial charge is 0.379 e. The van der Waals surface area contributed by atoms with Crippen molar-refractivity contribution >= 4 is 11.7 Å². The van der Waals surface area contributed by atoms with E-state index in [4.69, 9.17) is 4.74 Å². The standard InChI is InChI=1S/C18H28N6O2/c1-14-9-15(22-21-14)17(25)24-6-2-3-18(12-24)11-23(7-8-26-13-18)16-10-19-4-5-20-16/h4-5,10,14-15,21-22H,2-3,6-9,11-13H2,1H3. The highest BCUT2D eigenvalue weighted by Crippen LogP contribution is 2.34. The summed E-state index contributed by atoms with van der Waals surface area (Å²) >= 11 is 0. The number of anilines is 1. The molecule has 0 saturated carbocycles. The molecule has 1 spiro atoms. The molecule has 0 aliphatic carbocycles. The van der Waals surface area contributed by atoms with Gasteiger partial charge in [0.1, 0.15) is 11.9 Å². The SMILES string of the molecule is CC1CC(C(=O)N2CCCC3(COCCN(c4cnccn4)C3)C2)NN1. The first-order valence-corrected chi connectivity index (χ1v) is 9.54. The van der Waals surface area contributed by atoms with Crippen LogP contribution in [0.4, 0.5) is 5.82 Å². The molecule has 4 heterocycles. The van der Waals surface area contributed by atoms with Crippen LogP contribution < -0.4 is 15.8 Å². The Labute approximate surface area is 154 Å². The quantitative estimate of drug-likeness (QED) is 0.778. The Balaban J connectivity index is 1.48. The maximum absolute atomic E-state index is 13.0. The molecular formula is C18H28N6O2. The van der Waals surface area contributed by atoms with Crippen molar-refractivity contribution in [2.45, 2.75) is 38.3 Å². The molecule has 0 aromatic carbocycles. The van der Waals surface area contributed by atoms with Gasteiger partial charge < -0.3 is 14.5 Å². The van der Waals surface area contributed by atoms with E-state index < -0.39 is 0 Å². The predicted octanol–water partition coefficient (Wildman–Crippen LogP) is 0.177. The van der Waals surface area contributed by atoms with Crippen molar-refractivity contribution in [2.75, 3.05) is 44.3 Å². The Morgan fingerprint density at radius 1 is 1.31 bits per heavy atom. The highest BCUT2D eigenvalue weighted by molar-refractivity contribution is 5.82. The van der Waals surface area contributed by atoms with Crippen molar-refractivity contribution in [1.29, 1.82) is 0 Å². The zero-order chi connectivity index (χ0) is 18.0. The monoisotopic (exact) mass is 360 g/mol. The lowest BCUT2D eigenvalue weighted by atomic mass is 9.79. The fourth-order valence-electron chi connectivity index (χ4n) is 4.38. The fraction of sp³-hybridized carbons (Fsp3) is 0.722. The van der Waals surface area contributed by atoms with Gasteiger partial charge in [-0.05, 0) is 26.2 Å². The van der Waals surface area contributed by atoms with Crippen LogP contribution in [0.15, 0.2) is 18.6 Å². The zero-order valence-electron chi connectivity index (χ0n) is 15.4. The van der Waals surface area contributed by atoms with E-state index in [-0.39, 0.29) is 17.4 Å². The molecule has 2 N–H and O–H groups in total. The number of hydrogen-bond donors (Lipinski definition) is 2. The molecular weight excluding hydrogens is 332 g/mol. The van der Waals surface area contributed by atoms with E-state index in [9.17, 15) is 4.79 Å². The van der Waals surface area contributed by atoms with E-state index >= 15 is 0 Å². The molecule has 3 aliphatic rings. The number of likely N-dealkylation sites (tertiary alicyclic amines) is 1. The molecule has 0 radical (unpaired) electrons.